The lowest BCUT2D eigenvalue weighted by Gasteiger charge is -2.15. The predicted octanol–water partition coefficient (Wildman–Crippen LogP) is 2.10. The van der Waals surface area contributed by atoms with Crippen molar-refractivity contribution in [2.75, 3.05) is 0 Å². The van der Waals surface area contributed by atoms with Crippen LogP contribution in [-0.2, 0) is 0 Å². The molecule has 0 bridgehead atoms. The van der Waals surface area contributed by atoms with Crippen LogP contribution in [0.5, 0.6) is 0 Å². The SMILES string of the molecule is OC1(CC(F)(F)F)[C@@H]2CCC[C@@H]21. The van der Waals surface area contributed by atoms with E-state index in [2.05, 4.69) is 0 Å². The highest BCUT2D eigenvalue weighted by Gasteiger charge is 2.68. The lowest BCUT2D eigenvalue weighted by molar-refractivity contribution is -0.163. The van der Waals surface area contributed by atoms with E-state index in [1.165, 1.54) is 0 Å². The second-order valence-electron chi connectivity index (χ2n) is 3.93. The van der Waals surface area contributed by atoms with Gasteiger partial charge < -0.3 is 5.11 Å². The Balaban J connectivity index is 1.98. The molecule has 3 atom stereocenters. The maximum Gasteiger partial charge on any atom is 0.391 e. The fourth-order valence-electron chi connectivity index (χ4n) is 2.63. The molecular weight excluding hydrogens is 169 g/mol. The summed E-state index contributed by atoms with van der Waals surface area (Å²) in [6, 6.07) is 0. The number of fused-ring (bicyclic) bond motifs is 1. The first-order valence-electron chi connectivity index (χ1n) is 4.22. The van der Waals surface area contributed by atoms with Gasteiger partial charge in [0.05, 0.1) is 12.0 Å². The zero-order chi connectivity index (χ0) is 8.98. The topological polar surface area (TPSA) is 20.2 Å². The second kappa shape index (κ2) is 2.16. The standard InChI is InChI=1S/C8H11F3O/c9-8(10,11)4-7(12)5-2-1-3-6(5)7/h5-6,12H,1-4H2/t5-,6+,7?. The van der Waals surface area contributed by atoms with Crippen LogP contribution in [0.15, 0.2) is 0 Å². The van der Waals surface area contributed by atoms with Crippen LogP contribution < -0.4 is 0 Å². The highest BCUT2D eigenvalue weighted by molar-refractivity contribution is 5.15. The van der Waals surface area contributed by atoms with E-state index in [0.29, 0.717) is 0 Å². The van der Waals surface area contributed by atoms with Crippen LogP contribution >= 0.6 is 0 Å². The van der Waals surface area contributed by atoms with Gasteiger partial charge >= 0.3 is 6.18 Å². The van der Waals surface area contributed by atoms with Gasteiger partial charge in [0, 0.05) is 0 Å². The average Bonchev–Trinajstić information content (AvgIpc) is 2.33. The number of aliphatic hydroxyl groups is 1. The maximum atomic E-state index is 11.9. The van der Waals surface area contributed by atoms with E-state index in [1.54, 1.807) is 0 Å². The molecule has 0 radical (unpaired) electrons. The average molecular weight is 180 g/mol. The summed E-state index contributed by atoms with van der Waals surface area (Å²) in [7, 11) is 0. The van der Waals surface area contributed by atoms with Crippen molar-refractivity contribution in [1.29, 1.82) is 0 Å². The van der Waals surface area contributed by atoms with Gasteiger partial charge in [0.2, 0.25) is 0 Å². The summed E-state index contributed by atoms with van der Waals surface area (Å²) in [5.41, 5.74) is -1.38. The Morgan fingerprint density at radius 1 is 1.25 bits per heavy atom. The molecule has 0 aromatic heterocycles. The Hall–Kier alpha value is -0.250. The quantitative estimate of drug-likeness (QED) is 0.655. The van der Waals surface area contributed by atoms with Crippen molar-refractivity contribution < 1.29 is 18.3 Å². The number of rotatable bonds is 1. The summed E-state index contributed by atoms with van der Waals surface area (Å²) in [6.07, 6.45) is -2.68. The molecule has 4 heteroatoms. The van der Waals surface area contributed by atoms with Crippen LogP contribution in [0.3, 0.4) is 0 Å². The smallest absolute Gasteiger partial charge is 0.389 e. The lowest BCUT2D eigenvalue weighted by atomic mass is 10.0. The molecule has 0 spiro atoms. The van der Waals surface area contributed by atoms with Crippen molar-refractivity contribution in [3.63, 3.8) is 0 Å². The number of halogens is 3. The molecule has 0 amide bonds. The van der Waals surface area contributed by atoms with E-state index < -0.39 is 18.2 Å². The van der Waals surface area contributed by atoms with Crippen LogP contribution in [0.25, 0.3) is 0 Å². The van der Waals surface area contributed by atoms with E-state index in [4.69, 9.17) is 0 Å². The van der Waals surface area contributed by atoms with Gasteiger partial charge in [-0.1, -0.05) is 6.42 Å². The molecular formula is C8H11F3O. The Morgan fingerprint density at radius 3 is 2.17 bits per heavy atom. The summed E-state index contributed by atoms with van der Waals surface area (Å²) in [5.74, 6) is -0.113. The lowest BCUT2D eigenvalue weighted by Crippen LogP contribution is -2.25. The maximum absolute atomic E-state index is 11.9. The van der Waals surface area contributed by atoms with Crippen molar-refractivity contribution in [2.45, 2.75) is 37.5 Å². The van der Waals surface area contributed by atoms with Gasteiger partial charge in [0.25, 0.3) is 0 Å². The Bertz CT molecular complexity index is 189. The summed E-state index contributed by atoms with van der Waals surface area (Å²) < 4.78 is 35.8. The third kappa shape index (κ3) is 1.13. The van der Waals surface area contributed by atoms with Crippen LogP contribution in [0.2, 0.25) is 0 Å². The summed E-state index contributed by atoms with van der Waals surface area (Å²) in [6.45, 7) is 0. The van der Waals surface area contributed by atoms with Crippen LogP contribution in [-0.4, -0.2) is 16.9 Å². The fourth-order valence-corrected chi connectivity index (χ4v) is 2.63. The number of hydrogen-bond acceptors (Lipinski definition) is 1. The van der Waals surface area contributed by atoms with Gasteiger partial charge in [0.15, 0.2) is 0 Å². The largest absolute Gasteiger partial charge is 0.391 e. The van der Waals surface area contributed by atoms with Gasteiger partial charge in [-0.15, -0.1) is 0 Å². The third-order valence-electron chi connectivity index (χ3n) is 3.17. The van der Waals surface area contributed by atoms with E-state index in [0.717, 1.165) is 19.3 Å². The molecule has 0 saturated heterocycles. The summed E-state index contributed by atoms with van der Waals surface area (Å²) in [5, 5.41) is 9.52. The van der Waals surface area contributed by atoms with Gasteiger partial charge in [-0.3, -0.25) is 0 Å². The summed E-state index contributed by atoms with van der Waals surface area (Å²) >= 11 is 0. The fraction of sp³-hybridized carbons (Fsp3) is 1.00. The highest BCUT2D eigenvalue weighted by Crippen LogP contribution is 2.63. The van der Waals surface area contributed by atoms with Crippen molar-refractivity contribution in [2.24, 2.45) is 11.8 Å². The molecule has 1 nitrogen and oxygen atoms in total. The molecule has 1 unspecified atom stereocenters. The number of alkyl halides is 3. The van der Waals surface area contributed by atoms with Crippen molar-refractivity contribution in [1.82, 2.24) is 0 Å². The molecule has 12 heavy (non-hydrogen) atoms. The monoisotopic (exact) mass is 180 g/mol. The third-order valence-corrected chi connectivity index (χ3v) is 3.17. The molecule has 2 saturated carbocycles. The van der Waals surface area contributed by atoms with Crippen LogP contribution in [0.4, 0.5) is 13.2 Å². The van der Waals surface area contributed by atoms with Crippen molar-refractivity contribution in [3.05, 3.63) is 0 Å². The molecule has 0 aliphatic heterocycles. The van der Waals surface area contributed by atoms with Crippen LogP contribution in [0, 0.1) is 11.8 Å². The summed E-state index contributed by atoms with van der Waals surface area (Å²) in [4.78, 5) is 0. The molecule has 70 valence electrons. The Morgan fingerprint density at radius 2 is 1.75 bits per heavy atom. The van der Waals surface area contributed by atoms with Gasteiger partial charge in [-0.25, -0.2) is 0 Å². The van der Waals surface area contributed by atoms with Crippen molar-refractivity contribution >= 4 is 0 Å². The molecule has 0 aromatic carbocycles. The Kier molecular flexibility index (Phi) is 1.50. The zero-order valence-corrected chi connectivity index (χ0v) is 6.56. The van der Waals surface area contributed by atoms with Gasteiger partial charge in [-0.05, 0) is 24.7 Å². The van der Waals surface area contributed by atoms with E-state index >= 15 is 0 Å². The van der Waals surface area contributed by atoms with E-state index in [9.17, 15) is 18.3 Å². The minimum Gasteiger partial charge on any atom is -0.389 e. The van der Waals surface area contributed by atoms with Crippen LogP contribution in [0.1, 0.15) is 25.7 Å². The first kappa shape index (κ1) is 8.35. The molecule has 0 heterocycles. The molecule has 2 aliphatic rings. The van der Waals surface area contributed by atoms with E-state index in [1.807, 2.05) is 0 Å². The highest BCUT2D eigenvalue weighted by atomic mass is 19.4. The first-order chi connectivity index (χ1) is 5.43. The number of hydrogen-bond donors (Lipinski definition) is 1. The van der Waals surface area contributed by atoms with Gasteiger partial charge in [0.1, 0.15) is 0 Å². The van der Waals surface area contributed by atoms with E-state index in [-0.39, 0.29) is 11.8 Å². The van der Waals surface area contributed by atoms with Crippen molar-refractivity contribution in [3.8, 4) is 0 Å². The molecule has 1 N–H and O–H groups in total. The first-order valence-corrected chi connectivity index (χ1v) is 4.22. The molecule has 0 aromatic rings. The molecule has 2 fully saturated rings. The zero-order valence-electron chi connectivity index (χ0n) is 6.56. The van der Waals surface area contributed by atoms with Gasteiger partial charge in [-0.2, -0.15) is 13.2 Å². The predicted molar refractivity (Wildman–Crippen MR) is 36.5 cm³/mol. The minimum atomic E-state index is -4.21. The minimum absolute atomic E-state index is 0.0564. The molecule has 2 aliphatic carbocycles. The second-order valence-corrected chi connectivity index (χ2v) is 3.93. The molecule has 2 rings (SSSR count). The normalized spacial score (nSPS) is 46.0. The Labute approximate surface area is 68.6 Å².